The summed E-state index contributed by atoms with van der Waals surface area (Å²) < 4.78 is 0. The van der Waals surface area contributed by atoms with Crippen molar-refractivity contribution in [2.75, 3.05) is 10.6 Å². The Kier molecular flexibility index (Phi) is 10.9. The summed E-state index contributed by atoms with van der Waals surface area (Å²) in [4.78, 5) is 45.8. The molecule has 5 rings (SSSR count). The second-order valence-electron chi connectivity index (χ2n) is 10.0. The fourth-order valence-electron chi connectivity index (χ4n) is 4.32. The zero-order chi connectivity index (χ0) is 32.6. The molecule has 5 aromatic rings. The summed E-state index contributed by atoms with van der Waals surface area (Å²) in [6.45, 7) is 3.80. The number of thiazole rings is 1. The highest BCUT2D eigenvalue weighted by atomic mass is 35.5. The van der Waals surface area contributed by atoms with Crippen LogP contribution in [0, 0.1) is 6.92 Å². The minimum atomic E-state index is -0.554. The number of nitrogens with zero attached hydrogens (tertiary/aromatic N) is 1. The third-order valence-corrected chi connectivity index (χ3v) is 9.51. The lowest BCUT2D eigenvalue weighted by molar-refractivity contribution is -0.115. The number of aromatic nitrogens is 1. The summed E-state index contributed by atoms with van der Waals surface area (Å²) in [7, 11) is 0. The van der Waals surface area contributed by atoms with E-state index in [1.807, 2.05) is 56.3 Å². The van der Waals surface area contributed by atoms with Crippen molar-refractivity contribution in [1.29, 1.82) is 0 Å². The summed E-state index contributed by atoms with van der Waals surface area (Å²) in [5, 5.41) is 9.15. The first-order valence-corrected chi connectivity index (χ1v) is 16.6. The molecule has 0 aliphatic carbocycles. The normalized spacial score (nSPS) is 11.9. The zero-order valence-corrected chi connectivity index (χ0v) is 27.9. The molecule has 3 N–H and O–H groups in total. The van der Waals surface area contributed by atoms with Gasteiger partial charge in [-0.2, -0.15) is 0 Å². The van der Waals surface area contributed by atoms with E-state index in [1.54, 1.807) is 60.7 Å². The molecule has 0 radical (unpaired) electrons. The Balaban J connectivity index is 1.24. The summed E-state index contributed by atoms with van der Waals surface area (Å²) in [5.41, 5.74) is 3.19. The summed E-state index contributed by atoms with van der Waals surface area (Å²) in [6.07, 6.45) is 1.47. The van der Waals surface area contributed by atoms with Gasteiger partial charge in [0.2, 0.25) is 5.91 Å². The summed E-state index contributed by atoms with van der Waals surface area (Å²) >= 11 is 15.3. The van der Waals surface area contributed by atoms with Crippen molar-refractivity contribution in [3.8, 4) is 11.3 Å². The average molecular weight is 688 g/mol. The van der Waals surface area contributed by atoms with E-state index in [2.05, 4.69) is 20.9 Å². The average Bonchev–Trinajstić information content (AvgIpc) is 3.43. The van der Waals surface area contributed by atoms with Gasteiger partial charge in [-0.05, 0) is 68.0 Å². The highest BCUT2D eigenvalue weighted by molar-refractivity contribution is 8.00. The fraction of sp³-hybridized carbons (Fsp3) is 0.0857. The maximum Gasteiger partial charge on any atom is 0.272 e. The molecule has 4 aromatic carbocycles. The predicted octanol–water partition coefficient (Wildman–Crippen LogP) is 8.95. The van der Waals surface area contributed by atoms with Gasteiger partial charge in [-0.25, -0.2) is 4.98 Å². The van der Waals surface area contributed by atoms with Crippen LogP contribution in [0.1, 0.15) is 27.7 Å². The molecule has 0 bridgehead atoms. The van der Waals surface area contributed by atoms with Crippen molar-refractivity contribution in [3.63, 3.8) is 0 Å². The molecule has 0 saturated carbocycles. The second-order valence-corrected chi connectivity index (χ2v) is 13.4. The SMILES string of the molecule is Cc1sc(NC(=O)C(C)Sc2ccc(NC(=O)/C(=C/c3cccc(Cl)c3Cl)NC(=O)c3ccccc3)cc2)nc1-c1ccccc1. The molecule has 0 spiro atoms. The van der Waals surface area contributed by atoms with E-state index in [9.17, 15) is 14.4 Å². The maximum atomic E-state index is 13.4. The van der Waals surface area contributed by atoms with Gasteiger partial charge < -0.3 is 16.0 Å². The van der Waals surface area contributed by atoms with Crippen LogP contribution in [0.25, 0.3) is 17.3 Å². The van der Waals surface area contributed by atoms with E-state index in [0.717, 1.165) is 21.0 Å². The van der Waals surface area contributed by atoms with Gasteiger partial charge in [0.25, 0.3) is 11.8 Å². The monoisotopic (exact) mass is 686 g/mol. The topological polar surface area (TPSA) is 100 Å². The number of amides is 3. The molecule has 0 aliphatic rings. The van der Waals surface area contributed by atoms with Crippen molar-refractivity contribution in [2.24, 2.45) is 0 Å². The van der Waals surface area contributed by atoms with Crippen LogP contribution in [-0.2, 0) is 9.59 Å². The molecular formula is C35H28Cl2N4O3S2. The highest BCUT2D eigenvalue weighted by Crippen LogP contribution is 2.32. The standard InChI is InChI=1S/C35H28Cl2N4O3S2/c1-21-31(23-10-5-3-6-11-23)40-35(46-21)41-32(42)22(2)45-27-18-16-26(17-19-27)38-34(44)29(20-25-14-9-15-28(36)30(25)37)39-33(43)24-12-7-4-8-13-24/h3-20,22H,1-2H3,(H,38,44)(H,39,43)(H,40,41,42)/b29-20-. The van der Waals surface area contributed by atoms with E-state index < -0.39 is 17.1 Å². The minimum absolute atomic E-state index is 0.0189. The van der Waals surface area contributed by atoms with Crippen molar-refractivity contribution in [2.45, 2.75) is 24.0 Å². The molecule has 232 valence electrons. The second kappa shape index (κ2) is 15.2. The molecule has 0 aliphatic heterocycles. The van der Waals surface area contributed by atoms with Crippen LogP contribution >= 0.6 is 46.3 Å². The maximum absolute atomic E-state index is 13.4. The number of hydrogen-bond acceptors (Lipinski definition) is 6. The van der Waals surface area contributed by atoms with Crippen molar-refractivity contribution >= 4 is 80.9 Å². The molecule has 1 aromatic heterocycles. The number of carbonyl (C=O) groups excluding carboxylic acids is 3. The molecule has 3 amide bonds. The number of carbonyl (C=O) groups is 3. The highest BCUT2D eigenvalue weighted by Gasteiger charge is 2.19. The number of anilines is 2. The lowest BCUT2D eigenvalue weighted by atomic mass is 10.1. The molecule has 7 nitrogen and oxygen atoms in total. The largest absolute Gasteiger partial charge is 0.321 e. The van der Waals surface area contributed by atoms with Crippen LogP contribution in [0.5, 0.6) is 0 Å². The van der Waals surface area contributed by atoms with E-state index in [-0.39, 0.29) is 16.6 Å². The molecular weight excluding hydrogens is 659 g/mol. The van der Waals surface area contributed by atoms with Gasteiger partial charge in [0.05, 0.1) is 21.0 Å². The first kappa shape index (κ1) is 33.0. The molecule has 1 heterocycles. The first-order chi connectivity index (χ1) is 22.2. The van der Waals surface area contributed by atoms with E-state index >= 15 is 0 Å². The van der Waals surface area contributed by atoms with Crippen LogP contribution in [0.4, 0.5) is 10.8 Å². The quantitative estimate of drug-likeness (QED) is 0.101. The van der Waals surface area contributed by atoms with Crippen molar-refractivity contribution in [3.05, 3.63) is 135 Å². The van der Waals surface area contributed by atoms with Crippen LogP contribution < -0.4 is 16.0 Å². The Morgan fingerprint density at radius 2 is 1.52 bits per heavy atom. The lowest BCUT2D eigenvalue weighted by Crippen LogP contribution is -2.30. The number of aryl methyl sites for hydroxylation is 1. The number of nitrogens with one attached hydrogen (secondary N) is 3. The van der Waals surface area contributed by atoms with Gasteiger partial charge in [0, 0.05) is 26.6 Å². The number of rotatable bonds is 10. The Morgan fingerprint density at radius 1 is 0.848 bits per heavy atom. The van der Waals surface area contributed by atoms with Crippen LogP contribution in [-0.4, -0.2) is 28.0 Å². The van der Waals surface area contributed by atoms with E-state index in [1.165, 1.54) is 29.2 Å². The summed E-state index contributed by atoms with van der Waals surface area (Å²) in [5.74, 6) is -1.18. The third kappa shape index (κ3) is 8.44. The molecule has 0 saturated heterocycles. The predicted molar refractivity (Wildman–Crippen MR) is 190 cm³/mol. The Morgan fingerprint density at radius 3 is 2.22 bits per heavy atom. The number of thioether (sulfide) groups is 1. The molecule has 11 heteroatoms. The Hall–Kier alpha value is -4.41. The van der Waals surface area contributed by atoms with Crippen LogP contribution in [0.15, 0.2) is 114 Å². The van der Waals surface area contributed by atoms with Crippen LogP contribution in [0.2, 0.25) is 10.0 Å². The lowest BCUT2D eigenvalue weighted by Gasteiger charge is -2.13. The Labute approximate surface area is 285 Å². The number of benzene rings is 4. The van der Waals surface area contributed by atoms with Gasteiger partial charge in [-0.1, -0.05) is 83.9 Å². The van der Waals surface area contributed by atoms with Crippen molar-refractivity contribution in [1.82, 2.24) is 10.3 Å². The third-order valence-electron chi connectivity index (χ3n) is 6.68. The first-order valence-electron chi connectivity index (χ1n) is 14.1. The fourth-order valence-corrected chi connectivity index (χ4v) is 6.39. The van der Waals surface area contributed by atoms with Gasteiger partial charge in [-0.3, -0.25) is 14.4 Å². The van der Waals surface area contributed by atoms with Crippen LogP contribution in [0.3, 0.4) is 0 Å². The minimum Gasteiger partial charge on any atom is -0.321 e. The zero-order valence-electron chi connectivity index (χ0n) is 24.7. The molecule has 46 heavy (non-hydrogen) atoms. The molecule has 1 unspecified atom stereocenters. The van der Waals surface area contributed by atoms with E-state index in [0.29, 0.717) is 27.0 Å². The number of hydrogen-bond donors (Lipinski definition) is 3. The van der Waals surface area contributed by atoms with E-state index in [4.69, 9.17) is 23.2 Å². The molecule has 1 atom stereocenters. The summed E-state index contributed by atoms with van der Waals surface area (Å²) in [6, 6.07) is 30.5. The number of halogens is 2. The van der Waals surface area contributed by atoms with Gasteiger partial charge >= 0.3 is 0 Å². The van der Waals surface area contributed by atoms with Gasteiger partial charge in [-0.15, -0.1) is 23.1 Å². The van der Waals surface area contributed by atoms with Crippen molar-refractivity contribution < 1.29 is 14.4 Å². The smallest absolute Gasteiger partial charge is 0.272 e. The Bertz CT molecular complexity index is 1900. The molecule has 0 fully saturated rings. The van der Waals surface area contributed by atoms with Gasteiger partial charge in [0.15, 0.2) is 5.13 Å². The van der Waals surface area contributed by atoms with Gasteiger partial charge in [0.1, 0.15) is 5.70 Å².